The molecule has 3 aromatic rings. The predicted molar refractivity (Wildman–Crippen MR) is 73.5 cm³/mol. The molecule has 1 aliphatic rings. The molecule has 3 heterocycles. The summed E-state index contributed by atoms with van der Waals surface area (Å²) < 4.78 is 0. The van der Waals surface area contributed by atoms with E-state index in [0.717, 1.165) is 32.6 Å². The number of benzene rings is 1. The average Bonchev–Trinajstić information content (AvgIpc) is 2.98. The SMILES string of the molecule is c1cnc2c(n1)Nc1cc(-c3cn[nH]c3)ccc1S2. The Kier molecular flexibility index (Phi) is 2.28. The molecular formula is C13H9N5S. The number of aromatic amines is 1. The van der Waals surface area contributed by atoms with Crippen LogP contribution in [0.5, 0.6) is 0 Å². The molecule has 0 atom stereocenters. The van der Waals surface area contributed by atoms with Crippen molar-refractivity contribution >= 4 is 23.3 Å². The third-order valence-electron chi connectivity index (χ3n) is 2.94. The summed E-state index contributed by atoms with van der Waals surface area (Å²) in [6.45, 7) is 0. The zero-order valence-corrected chi connectivity index (χ0v) is 10.6. The van der Waals surface area contributed by atoms with Gasteiger partial charge in [-0.3, -0.25) is 5.10 Å². The minimum Gasteiger partial charge on any atom is -0.337 e. The first-order chi connectivity index (χ1) is 9.40. The van der Waals surface area contributed by atoms with Crippen LogP contribution in [0.2, 0.25) is 0 Å². The van der Waals surface area contributed by atoms with Gasteiger partial charge in [-0.05, 0) is 17.7 Å². The largest absolute Gasteiger partial charge is 0.337 e. The highest BCUT2D eigenvalue weighted by molar-refractivity contribution is 7.99. The lowest BCUT2D eigenvalue weighted by Crippen LogP contribution is -2.03. The lowest BCUT2D eigenvalue weighted by Gasteiger charge is -2.19. The third-order valence-corrected chi connectivity index (χ3v) is 4.00. The molecule has 5 nitrogen and oxygen atoms in total. The van der Waals surface area contributed by atoms with Crippen molar-refractivity contribution in [3.8, 4) is 11.1 Å². The average molecular weight is 267 g/mol. The van der Waals surface area contributed by atoms with Gasteiger partial charge in [-0.1, -0.05) is 17.8 Å². The zero-order chi connectivity index (χ0) is 12.7. The van der Waals surface area contributed by atoms with E-state index in [2.05, 4.69) is 43.7 Å². The van der Waals surface area contributed by atoms with Crippen molar-refractivity contribution in [1.82, 2.24) is 20.2 Å². The Morgan fingerprint density at radius 3 is 2.89 bits per heavy atom. The number of hydrogen-bond donors (Lipinski definition) is 2. The maximum Gasteiger partial charge on any atom is 0.163 e. The van der Waals surface area contributed by atoms with Crippen molar-refractivity contribution in [3.05, 3.63) is 43.0 Å². The van der Waals surface area contributed by atoms with Gasteiger partial charge in [0.2, 0.25) is 0 Å². The molecule has 0 radical (unpaired) electrons. The fourth-order valence-electron chi connectivity index (χ4n) is 2.02. The number of fused-ring (bicyclic) bond motifs is 2. The predicted octanol–water partition coefficient (Wildman–Crippen LogP) is 3.07. The van der Waals surface area contributed by atoms with E-state index in [9.17, 15) is 0 Å². The summed E-state index contributed by atoms with van der Waals surface area (Å²) in [4.78, 5) is 9.76. The molecule has 92 valence electrons. The van der Waals surface area contributed by atoms with Crippen LogP contribution in [0, 0.1) is 0 Å². The quantitative estimate of drug-likeness (QED) is 0.555. The van der Waals surface area contributed by atoms with E-state index < -0.39 is 0 Å². The first-order valence-electron chi connectivity index (χ1n) is 5.79. The molecule has 0 aliphatic carbocycles. The third kappa shape index (κ3) is 1.77. The Balaban J connectivity index is 1.78. The molecular weight excluding hydrogens is 258 g/mol. The number of nitrogens with one attached hydrogen (secondary N) is 2. The van der Waals surface area contributed by atoms with Crippen LogP contribution < -0.4 is 5.32 Å². The molecule has 19 heavy (non-hydrogen) atoms. The zero-order valence-electron chi connectivity index (χ0n) is 9.79. The van der Waals surface area contributed by atoms with Gasteiger partial charge in [-0.25, -0.2) is 9.97 Å². The number of aromatic nitrogens is 4. The van der Waals surface area contributed by atoms with Crippen LogP contribution in [0.15, 0.2) is 52.9 Å². The molecule has 4 rings (SSSR count). The lowest BCUT2D eigenvalue weighted by atomic mass is 10.1. The molecule has 0 unspecified atom stereocenters. The molecule has 1 aliphatic heterocycles. The molecule has 6 heteroatoms. The summed E-state index contributed by atoms with van der Waals surface area (Å²) in [5, 5.41) is 11.0. The van der Waals surface area contributed by atoms with E-state index in [1.165, 1.54) is 0 Å². The lowest BCUT2D eigenvalue weighted by molar-refractivity contribution is 1.05. The second-order valence-electron chi connectivity index (χ2n) is 4.14. The van der Waals surface area contributed by atoms with Crippen LogP contribution in [-0.4, -0.2) is 20.2 Å². The van der Waals surface area contributed by atoms with Crippen molar-refractivity contribution in [1.29, 1.82) is 0 Å². The van der Waals surface area contributed by atoms with Gasteiger partial charge in [-0.2, -0.15) is 5.10 Å². The first kappa shape index (κ1) is 10.6. The van der Waals surface area contributed by atoms with Gasteiger partial charge in [0.25, 0.3) is 0 Å². The molecule has 1 aromatic carbocycles. The Bertz CT molecular complexity index is 739. The Morgan fingerprint density at radius 1 is 1.05 bits per heavy atom. The van der Waals surface area contributed by atoms with E-state index in [0.29, 0.717) is 0 Å². The van der Waals surface area contributed by atoms with E-state index in [-0.39, 0.29) is 0 Å². The van der Waals surface area contributed by atoms with E-state index >= 15 is 0 Å². The smallest absolute Gasteiger partial charge is 0.163 e. The molecule has 2 N–H and O–H groups in total. The highest BCUT2D eigenvalue weighted by atomic mass is 32.2. The van der Waals surface area contributed by atoms with Gasteiger partial charge in [0.1, 0.15) is 5.03 Å². The van der Waals surface area contributed by atoms with Crippen LogP contribution in [0.4, 0.5) is 11.5 Å². The topological polar surface area (TPSA) is 66.5 Å². The van der Waals surface area contributed by atoms with Gasteiger partial charge in [-0.15, -0.1) is 0 Å². The van der Waals surface area contributed by atoms with Crippen molar-refractivity contribution in [2.75, 3.05) is 5.32 Å². The fourth-order valence-corrected chi connectivity index (χ4v) is 2.90. The number of anilines is 2. The van der Waals surface area contributed by atoms with Gasteiger partial charge in [0.15, 0.2) is 5.82 Å². The summed E-state index contributed by atoms with van der Waals surface area (Å²) >= 11 is 1.63. The highest BCUT2D eigenvalue weighted by Crippen LogP contribution is 2.43. The van der Waals surface area contributed by atoms with Crippen molar-refractivity contribution in [2.24, 2.45) is 0 Å². The van der Waals surface area contributed by atoms with E-state index in [1.807, 2.05) is 12.4 Å². The standard InChI is InChI=1S/C13H9N5S/c1-2-11-10(5-8(1)9-6-16-17-7-9)18-12-13(19-11)15-4-3-14-12/h1-7H,(H,14,18)(H,16,17). The molecule has 0 saturated heterocycles. The van der Waals surface area contributed by atoms with E-state index in [1.54, 1.807) is 24.2 Å². The monoisotopic (exact) mass is 267 g/mol. The number of nitrogens with zero attached hydrogens (tertiary/aromatic N) is 3. The molecule has 0 fully saturated rings. The first-order valence-corrected chi connectivity index (χ1v) is 6.61. The summed E-state index contributed by atoms with van der Waals surface area (Å²) in [5.74, 6) is 0.810. The maximum atomic E-state index is 4.31. The Morgan fingerprint density at radius 2 is 2.00 bits per heavy atom. The van der Waals surface area contributed by atoms with Crippen molar-refractivity contribution < 1.29 is 0 Å². The van der Waals surface area contributed by atoms with Crippen molar-refractivity contribution in [2.45, 2.75) is 9.92 Å². The van der Waals surface area contributed by atoms with E-state index in [4.69, 9.17) is 0 Å². The summed E-state index contributed by atoms with van der Waals surface area (Å²) in [5.41, 5.74) is 3.24. The minimum absolute atomic E-state index is 0.810. The van der Waals surface area contributed by atoms with Gasteiger partial charge >= 0.3 is 0 Å². The Labute approximate surface area is 113 Å². The molecule has 2 aromatic heterocycles. The van der Waals surface area contributed by atoms with Gasteiger partial charge < -0.3 is 5.32 Å². The second-order valence-corrected chi connectivity index (χ2v) is 5.17. The van der Waals surface area contributed by atoms with Crippen LogP contribution in [-0.2, 0) is 0 Å². The molecule has 0 saturated carbocycles. The number of hydrogen-bond acceptors (Lipinski definition) is 5. The number of H-pyrrole nitrogens is 1. The van der Waals surface area contributed by atoms with Crippen LogP contribution in [0.3, 0.4) is 0 Å². The summed E-state index contributed by atoms with van der Waals surface area (Å²) in [6.07, 6.45) is 7.09. The number of rotatable bonds is 1. The molecule has 0 bridgehead atoms. The molecule has 0 amide bonds. The van der Waals surface area contributed by atoms with Crippen LogP contribution in [0.25, 0.3) is 11.1 Å². The fraction of sp³-hybridized carbons (Fsp3) is 0. The highest BCUT2D eigenvalue weighted by Gasteiger charge is 2.17. The van der Waals surface area contributed by atoms with Crippen molar-refractivity contribution in [3.63, 3.8) is 0 Å². The van der Waals surface area contributed by atoms with Gasteiger partial charge in [0, 0.05) is 29.0 Å². The van der Waals surface area contributed by atoms with Crippen LogP contribution in [0.1, 0.15) is 0 Å². The Hall–Kier alpha value is -2.34. The summed E-state index contributed by atoms with van der Waals surface area (Å²) in [7, 11) is 0. The maximum absolute atomic E-state index is 4.31. The van der Waals surface area contributed by atoms with Gasteiger partial charge in [0.05, 0.1) is 11.9 Å². The van der Waals surface area contributed by atoms with Crippen LogP contribution >= 0.6 is 11.8 Å². The summed E-state index contributed by atoms with van der Waals surface area (Å²) in [6, 6.07) is 6.28. The second kappa shape index (κ2) is 4.10. The molecule has 0 spiro atoms. The minimum atomic E-state index is 0.810. The normalized spacial score (nSPS) is 12.4.